The summed E-state index contributed by atoms with van der Waals surface area (Å²) in [4.78, 5) is 14.2. The van der Waals surface area contributed by atoms with Crippen LogP contribution in [0.4, 0.5) is 4.79 Å². The molecule has 1 saturated heterocycles. The third kappa shape index (κ3) is 4.02. The normalized spacial score (nSPS) is 22.9. The number of rotatable bonds is 4. The molecule has 1 aliphatic carbocycles. The fourth-order valence-corrected chi connectivity index (χ4v) is 2.93. The summed E-state index contributed by atoms with van der Waals surface area (Å²) in [7, 11) is 0. The highest BCUT2D eigenvalue weighted by Gasteiger charge is 2.22. The molecular weight excluding hydrogens is 226 g/mol. The Labute approximate surface area is 110 Å². The number of hydrogen-bond donors (Lipinski definition) is 2. The topological polar surface area (TPSA) is 44.4 Å². The molecule has 2 fully saturated rings. The highest BCUT2D eigenvalue weighted by atomic mass is 16.2. The van der Waals surface area contributed by atoms with Gasteiger partial charge in [-0.3, -0.25) is 4.90 Å². The van der Waals surface area contributed by atoms with Crippen LogP contribution in [0.1, 0.15) is 38.5 Å². The summed E-state index contributed by atoms with van der Waals surface area (Å²) in [5, 5.41) is 6.19. The van der Waals surface area contributed by atoms with Crippen LogP contribution in [0.2, 0.25) is 0 Å². The average Bonchev–Trinajstić information content (AvgIpc) is 2.84. The fraction of sp³-hybridized carbons (Fsp3) is 0.786. The van der Waals surface area contributed by atoms with E-state index in [2.05, 4.69) is 22.1 Å². The molecule has 1 aliphatic heterocycles. The molecule has 1 heterocycles. The van der Waals surface area contributed by atoms with E-state index in [-0.39, 0.29) is 6.03 Å². The summed E-state index contributed by atoms with van der Waals surface area (Å²) in [6.07, 6.45) is 8.84. The van der Waals surface area contributed by atoms with Gasteiger partial charge in [-0.2, -0.15) is 0 Å². The van der Waals surface area contributed by atoms with Gasteiger partial charge in [0.25, 0.3) is 0 Å². The number of piperidine rings is 1. The maximum atomic E-state index is 11.8. The molecule has 102 valence electrons. The minimum absolute atomic E-state index is 0.0315. The molecule has 2 rings (SSSR count). The Kier molecular flexibility index (Phi) is 5.05. The van der Waals surface area contributed by atoms with E-state index in [1.54, 1.807) is 0 Å². The fourth-order valence-electron chi connectivity index (χ4n) is 2.93. The number of nitrogens with one attached hydrogen (secondary N) is 2. The Hall–Kier alpha value is -1.03. The van der Waals surface area contributed by atoms with Gasteiger partial charge >= 0.3 is 6.03 Å². The SMILES string of the molecule is C=CCN1CCC(NC(=O)NC2CCCC2)CC1. The third-order valence-corrected chi connectivity index (χ3v) is 4.00. The van der Waals surface area contributed by atoms with E-state index in [0.29, 0.717) is 12.1 Å². The van der Waals surface area contributed by atoms with Gasteiger partial charge in [0, 0.05) is 31.7 Å². The Morgan fingerprint density at radius 2 is 1.67 bits per heavy atom. The second-order valence-electron chi connectivity index (χ2n) is 5.46. The van der Waals surface area contributed by atoms with Crippen LogP contribution >= 0.6 is 0 Å². The lowest BCUT2D eigenvalue weighted by atomic mass is 10.1. The quantitative estimate of drug-likeness (QED) is 0.749. The lowest BCUT2D eigenvalue weighted by molar-refractivity contribution is 0.202. The third-order valence-electron chi connectivity index (χ3n) is 4.00. The summed E-state index contributed by atoms with van der Waals surface area (Å²) < 4.78 is 0. The van der Waals surface area contributed by atoms with Gasteiger partial charge in [0.1, 0.15) is 0 Å². The summed E-state index contributed by atoms with van der Waals surface area (Å²) in [5.41, 5.74) is 0. The Balaban J connectivity index is 1.64. The van der Waals surface area contributed by atoms with E-state index in [4.69, 9.17) is 0 Å². The molecule has 0 spiro atoms. The van der Waals surface area contributed by atoms with Crippen LogP contribution in [0.5, 0.6) is 0 Å². The van der Waals surface area contributed by atoms with Crippen LogP contribution in [0.3, 0.4) is 0 Å². The molecule has 0 aromatic heterocycles. The Morgan fingerprint density at radius 3 is 2.22 bits per heavy atom. The van der Waals surface area contributed by atoms with Gasteiger partial charge in [-0.1, -0.05) is 18.9 Å². The van der Waals surface area contributed by atoms with Crippen molar-refractivity contribution in [2.75, 3.05) is 19.6 Å². The van der Waals surface area contributed by atoms with Gasteiger partial charge in [0.2, 0.25) is 0 Å². The molecule has 0 bridgehead atoms. The van der Waals surface area contributed by atoms with Crippen molar-refractivity contribution in [3.63, 3.8) is 0 Å². The van der Waals surface area contributed by atoms with Crippen LogP contribution in [-0.2, 0) is 0 Å². The molecule has 0 radical (unpaired) electrons. The summed E-state index contributed by atoms with van der Waals surface area (Å²) in [6.45, 7) is 6.83. The average molecular weight is 251 g/mol. The van der Waals surface area contributed by atoms with E-state index >= 15 is 0 Å². The minimum Gasteiger partial charge on any atom is -0.335 e. The van der Waals surface area contributed by atoms with Crippen LogP contribution < -0.4 is 10.6 Å². The first-order valence-corrected chi connectivity index (χ1v) is 7.18. The van der Waals surface area contributed by atoms with Crippen molar-refractivity contribution in [3.05, 3.63) is 12.7 Å². The molecule has 4 heteroatoms. The van der Waals surface area contributed by atoms with Crippen LogP contribution in [-0.4, -0.2) is 42.6 Å². The molecule has 0 unspecified atom stereocenters. The van der Waals surface area contributed by atoms with Gasteiger partial charge in [-0.15, -0.1) is 6.58 Å². The number of likely N-dealkylation sites (tertiary alicyclic amines) is 1. The number of nitrogens with zero attached hydrogens (tertiary/aromatic N) is 1. The number of hydrogen-bond acceptors (Lipinski definition) is 2. The van der Waals surface area contributed by atoms with Crippen molar-refractivity contribution < 1.29 is 4.79 Å². The predicted octanol–water partition coefficient (Wildman–Crippen LogP) is 1.88. The van der Waals surface area contributed by atoms with E-state index < -0.39 is 0 Å². The molecule has 0 aromatic carbocycles. The molecule has 2 amide bonds. The summed E-state index contributed by atoms with van der Waals surface area (Å²) >= 11 is 0. The molecule has 1 saturated carbocycles. The Morgan fingerprint density at radius 1 is 1.11 bits per heavy atom. The maximum Gasteiger partial charge on any atom is 0.315 e. The first-order chi connectivity index (χ1) is 8.78. The van der Waals surface area contributed by atoms with Gasteiger partial charge in [-0.05, 0) is 25.7 Å². The van der Waals surface area contributed by atoms with E-state index in [9.17, 15) is 4.79 Å². The standard InChI is InChI=1S/C14H25N3O/c1-2-9-17-10-7-13(8-11-17)16-14(18)15-12-5-3-4-6-12/h2,12-13H,1,3-11H2,(H2,15,16,18). The van der Waals surface area contributed by atoms with E-state index in [0.717, 1.165) is 45.3 Å². The predicted molar refractivity (Wildman–Crippen MR) is 73.6 cm³/mol. The number of carbonyl (C=O) groups excluding carboxylic acids is 1. The molecule has 2 aliphatic rings. The number of amides is 2. The zero-order valence-corrected chi connectivity index (χ0v) is 11.2. The first kappa shape index (κ1) is 13.4. The highest BCUT2D eigenvalue weighted by Crippen LogP contribution is 2.17. The maximum absolute atomic E-state index is 11.8. The van der Waals surface area contributed by atoms with Crippen molar-refractivity contribution >= 4 is 6.03 Å². The lowest BCUT2D eigenvalue weighted by Crippen LogP contribution is -2.49. The molecular formula is C14H25N3O. The zero-order chi connectivity index (χ0) is 12.8. The van der Waals surface area contributed by atoms with Crippen molar-refractivity contribution in [1.82, 2.24) is 15.5 Å². The zero-order valence-electron chi connectivity index (χ0n) is 11.2. The van der Waals surface area contributed by atoms with Crippen LogP contribution in [0.15, 0.2) is 12.7 Å². The highest BCUT2D eigenvalue weighted by molar-refractivity contribution is 5.74. The van der Waals surface area contributed by atoms with E-state index in [1.807, 2.05) is 6.08 Å². The van der Waals surface area contributed by atoms with Gasteiger partial charge in [0.15, 0.2) is 0 Å². The first-order valence-electron chi connectivity index (χ1n) is 7.18. The minimum atomic E-state index is 0.0315. The summed E-state index contributed by atoms with van der Waals surface area (Å²) in [6, 6.07) is 0.780. The molecule has 0 aromatic rings. The molecule has 2 N–H and O–H groups in total. The van der Waals surface area contributed by atoms with Crippen molar-refractivity contribution in [3.8, 4) is 0 Å². The van der Waals surface area contributed by atoms with Gasteiger partial charge in [-0.25, -0.2) is 4.79 Å². The van der Waals surface area contributed by atoms with Crippen molar-refractivity contribution in [1.29, 1.82) is 0 Å². The van der Waals surface area contributed by atoms with Crippen molar-refractivity contribution in [2.24, 2.45) is 0 Å². The Bertz CT molecular complexity index is 279. The van der Waals surface area contributed by atoms with Crippen LogP contribution in [0, 0.1) is 0 Å². The monoisotopic (exact) mass is 251 g/mol. The molecule has 0 atom stereocenters. The number of urea groups is 1. The molecule has 4 nitrogen and oxygen atoms in total. The van der Waals surface area contributed by atoms with Crippen molar-refractivity contribution in [2.45, 2.75) is 50.6 Å². The van der Waals surface area contributed by atoms with Crippen LogP contribution in [0.25, 0.3) is 0 Å². The second-order valence-corrected chi connectivity index (χ2v) is 5.46. The largest absolute Gasteiger partial charge is 0.335 e. The van der Waals surface area contributed by atoms with Gasteiger partial charge in [0.05, 0.1) is 0 Å². The summed E-state index contributed by atoms with van der Waals surface area (Å²) in [5.74, 6) is 0. The number of carbonyl (C=O) groups is 1. The lowest BCUT2D eigenvalue weighted by Gasteiger charge is -2.31. The van der Waals surface area contributed by atoms with E-state index in [1.165, 1.54) is 12.8 Å². The molecule has 18 heavy (non-hydrogen) atoms. The smallest absolute Gasteiger partial charge is 0.315 e. The van der Waals surface area contributed by atoms with Gasteiger partial charge < -0.3 is 10.6 Å². The second kappa shape index (κ2) is 6.78.